The SMILES string of the molecule is CC(=O)c1cccc(NC(=O)CNC(=O)Cc2ccccc2C)c1. The second-order valence-corrected chi connectivity index (χ2v) is 5.57. The summed E-state index contributed by atoms with van der Waals surface area (Å²) >= 11 is 0. The fraction of sp³-hybridized carbons (Fsp3) is 0.211. The third-order valence-corrected chi connectivity index (χ3v) is 3.61. The van der Waals surface area contributed by atoms with Crippen LogP contribution in [0.1, 0.15) is 28.4 Å². The summed E-state index contributed by atoms with van der Waals surface area (Å²) < 4.78 is 0. The molecular formula is C19H20N2O3. The van der Waals surface area contributed by atoms with Crippen LogP contribution in [-0.2, 0) is 16.0 Å². The molecule has 0 heterocycles. The number of benzene rings is 2. The zero-order valence-corrected chi connectivity index (χ0v) is 13.8. The Morgan fingerprint density at radius 2 is 1.71 bits per heavy atom. The molecule has 2 aromatic carbocycles. The van der Waals surface area contributed by atoms with E-state index >= 15 is 0 Å². The van der Waals surface area contributed by atoms with Crippen LogP contribution in [0.5, 0.6) is 0 Å². The van der Waals surface area contributed by atoms with Crippen molar-refractivity contribution < 1.29 is 14.4 Å². The molecule has 0 aliphatic rings. The molecule has 0 aliphatic heterocycles. The molecule has 0 aromatic heterocycles. The number of Topliss-reactive ketones (excluding diaryl/α,β-unsaturated/α-hetero) is 1. The summed E-state index contributed by atoms with van der Waals surface area (Å²) in [6.45, 7) is 3.29. The number of carbonyl (C=O) groups excluding carboxylic acids is 3. The largest absolute Gasteiger partial charge is 0.347 e. The number of nitrogens with one attached hydrogen (secondary N) is 2. The lowest BCUT2D eigenvalue weighted by Gasteiger charge is -2.09. The van der Waals surface area contributed by atoms with E-state index in [0.717, 1.165) is 11.1 Å². The summed E-state index contributed by atoms with van der Waals surface area (Å²) in [6, 6.07) is 14.3. The second kappa shape index (κ2) is 8.06. The molecule has 24 heavy (non-hydrogen) atoms. The summed E-state index contributed by atoms with van der Waals surface area (Å²) in [4.78, 5) is 35.2. The number of hydrogen-bond donors (Lipinski definition) is 2. The van der Waals surface area contributed by atoms with Crippen molar-refractivity contribution in [2.75, 3.05) is 11.9 Å². The smallest absolute Gasteiger partial charge is 0.243 e. The Hall–Kier alpha value is -2.95. The topological polar surface area (TPSA) is 75.3 Å². The van der Waals surface area contributed by atoms with Gasteiger partial charge < -0.3 is 10.6 Å². The maximum absolute atomic E-state index is 11.9. The van der Waals surface area contributed by atoms with Crippen LogP contribution in [0, 0.1) is 6.92 Å². The quantitative estimate of drug-likeness (QED) is 0.802. The maximum atomic E-state index is 11.9. The van der Waals surface area contributed by atoms with Gasteiger partial charge in [0.05, 0.1) is 13.0 Å². The average molecular weight is 324 g/mol. The fourth-order valence-electron chi connectivity index (χ4n) is 2.24. The minimum Gasteiger partial charge on any atom is -0.347 e. The number of anilines is 1. The molecule has 0 atom stereocenters. The molecule has 5 heteroatoms. The molecule has 2 N–H and O–H groups in total. The monoisotopic (exact) mass is 324 g/mol. The van der Waals surface area contributed by atoms with Gasteiger partial charge in [0.2, 0.25) is 11.8 Å². The lowest BCUT2D eigenvalue weighted by molar-refractivity contribution is -0.123. The van der Waals surface area contributed by atoms with E-state index in [-0.39, 0.29) is 30.6 Å². The molecule has 0 unspecified atom stereocenters. The van der Waals surface area contributed by atoms with E-state index in [1.54, 1.807) is 24.3 Å². The molecular weight excluding hydrogens is 304 g/mol. The highest BCUT2D eigenvalue weighted by molar-refractivity contribution is 5.98. The van der Waals surface area contributed by atoms with Crippen molar-refractivity contribution in [3.63, 3.8) is 0 Å². The van der Waals surface area contributed by atoms with Gasteiger partial charge in [-0.2, -0.15) is 0 Å². The van der Waals surface area contributed by atoms with E-state index < -0.39 is 0 Å². The molecule has 0 radical (unpaired) electrons. The van der Waals surface area contributed by atoms with Crippen molar-refractivity contribution in [1.29, 1.82) is 0 Å². The lowest BCUT2D eigenvalue weighted by atomic mass is 10.1. The highest BCUT2D eigenvalue weighted by Crippen LogP contribution is 2.11. The van der Waals surface area contributed by atoms with Crippen LogP contribution >= 0.6 is 0 Å². The minimum atomic E-state index is -0.339. The van der Waals surface area contributed by atoms with Crippen molar-refractivity contribution in [3.8, 4) is 0 Å². The van der Waals surface area contributed by atoms with Gasteiger partial charge in [-0.1, -0.05) is 36.4 Å². The van der Waals surface area contributed by atoms with E-state index in [0.29, 0.717) is 11.3 Å². The van der Waals surface area contributed by atoms with Crippen LogP contribution < -0.4 is 10.6 Å². The predicted octanol–water partition coefficient (Wildman–Crippen LogP) is 2.50. The molecule has 0 fully saturated rings. The van der Waals surface area contributed by atoms with Gasteiger partial charge >= 0.3 is 0 Å². The molecule has 2 aromatic rings. The predicted molar refractivity (Wildman–Crippen MR) is 93.0 cm³/mol. The third-order valence-electron chi connectivity index (χ3n) is 3.61. The van der Waals surface area contributed by atoms with E-state index in [1.165, 1.54) is 6.92 Å². The van der Waals surface area contributed by atoms with Crippen molar-refractivity contribution in [2.45, 2.75) is 20.3 Å². The Morgan fingerprint density at radius 1 is 0.958 bits per heavy atom. The summed E-state index contributed by atoms with van der Waals surface area (Å²) in [5.74, 6) is -0.622. The summed E-state index contributed by atoms with van der Waals surface area (Å²) in [7, 11) is 0. The second-order valence-electron chi connectivity index (χ2n) is 5.57. The van der Waals surface area contributed by atoms with Crippen LogP contribution in [-0.4, -0.2) is 24.1 Å². The van der Waals surface area contributed by atoms with Crippen LogP contribution in [0.3, 0.4) is 0 Å². The van der Waals surface area contributed by atoms with Gasteiger partial charge in [0, 0.05) is 11.3 Å². The Kier molecular flexibility index (Phi) is 5.84. The van der Waals surface area contributed by atoms with Gasteiger partial charge in [-0.3, -0.25) is 14.4 Å². The van der Waals surface area contributed by atoms with Crippen molar-refractivity contribution in [3.05, 3.63) is 65.2 Å². The van der Waals surface area contributed by atoms with E-state index in [2.05, 4.69) is 10.6 Å². The zero-order chi connectivity index (χ0) is 17.5. The van der Waals surface area contributed by atoms with Crippen LogP contribution in [0.15, 0.2) is 48.5 Å². The Balaban J connectivity index is 1.85. The number of aryl methyl sites for hydroxylation is 1. The van der Waals surface area contributed by atoms with E-state index in [9.17, 15) is 14.4 Å². The van der Waals surface area contributed by atoms with Gasteiger partial charge in [-0.05, 0) is 37.1 Å². The highest BCUT2D eigenvalue weighted by atomic mass is 16.2. The van der Waals surface area contributed by atoms with Crippen molar-refractivity contribution in [2.24, 2.45) is 0 Å². The summed E-state index contributed by atoms with van der Waals surface area (Å²) in [5, 5.41) is 5.26. The number of carbonyl (C=O) groups is 3. The van der Waals surface area contributed by atoms with Gasteiger partial charge in [0.25, 0.3) is 0 Å². The number of rotatable bonds is 6. The molecule has 0 aliphatic carbocycles. The van der Waals surface area contributed by atoms with Gasteiger partial charge in [0.1, 0.15) is 0 Å². The molecule has 2 rings (SSSR count). The first-order valence-corrected chi connectivity index (χ1v) is 7.68. The normalized spacial score (nSPS) is 10.1. The Labute approximate surface area is 141 Å². The highest BCUT2D eigenvalue weighted by Gasteiger charge is 2.09. The van der Waals surface area contributed by atoms with Crippen LogP contribution in [0.4, 0.5) is 5.69 Å². The first-order chi connectivity index (χ1) is 11.5. The van der Waals surface area contributed by atoms with Crippen LogP contribution in [0.25, 0.3) is 0 Å². The molecule has 0 bridgehead atoms. The molecule has 0 saturated carbocycles. The van der Waals surface area contributed by atoms with Gasteiger partial charge in [-0.15, -0.1) is 0 Å². The van der Waals surface area contributed by atoms with Crippen molar-refractivity contribution in [1.82, 2.24) is 5.32 Å². The molecule has 5 nitrogen and oxygen atoms in total. The zero-order valence-electron chi connectivity index (χ0n) is 13.8. The summed E-state index contributed by atoms with van der Waals surface area (Å²) in [6.07, 6.45) is 0.236. The van der Waals surface area contributed by atoms with Crippen molar-refractivity contribution >= 4 is 23.3 Å². The van der Waals surface area contributed by atoms with Crippen LogP contribution in [0.2, 0.25) is 0 Å². The van der Waals surface area contributed by atoms with E-state index in [4.69, 9.17) is 0 Å². The Morgan fingerprint density at radius 3 is 2.42 bits per heavy atom. The van der Waals surface area contributed by atoms with E-state index in [1.807, 2.05) is 31.2 Å². The molecule has 0 saturated heterocycles. The lowest BCUT2D eigenvalue weighted by Crippen LogP contribution is -2.33. The summed E-state index contributed by atoms with van der Waals surface area (Å²) in [5.41, 5.74) is 3.03. The van der Waals surface area contributed by atoms with Gasteiger partial charge in [0.15, 0.2) is 5.78 Å². The Bertz CT molecular complexity index is 769. The fourth-order valence-corrected chi connectivity index (χ4v) is 2.24. The first kappa shape index (κ1) is 17.4. The number of amides is 2. The molecule has 2 amide bonds. The number of ketones is 1. The first-order valence-electron chi connectivity index (χ1n) is 7.68. The van der Waals surface area contributed by atoms with Gasteiger partial charge in [-0.25, -0.2) is 0 Å². The standard InChI is InChI=1S/C19H20N2O3/c1-13-6-3-4-7-15(13)11-18(23)20-12-19(24)21-17-9-5-8-16(10-17)14(2)22/h3-10H,11-12H2,1-2H3,(H,20,23)(H,21,24). The molecule has 124 valence electrons. The number of hydrogen-bond acceptors (Lipinski definition) is 3. The average Bonchev–Trinajstić information content (AvgIpc) is 2.55. The minimum absolute atomic E-state index is 0.0716. The third kappa shape index (κ3) is 5.05. The molecule has 0 spiro atoms. The maximum Gasteiger partial charge on any atom is 0.243 e.